The molecule has 4 N–H and O–H groups in total. The highest BCUT2D eigenvalue weighted by Gasteiger charge is 2.23. The van der Waals surface area contributed by atoms with Gasteiger partial charge in [-0.3, -0.25) is 9.80 Å². The number of allylic oxidation sites excluding steroid dienone is 3. The minimum atomic E-state index is -1.30. The fourth-order valence-electron chi connectivity index (χ4n) is 2.78. The number of hydrogen-bond acceptors (Lipinski definition) is 5. The van der Waals surface area contributed by atoms with Crippen LogP contribution in [0.5, 0.6) is 0 Å². The molecule has 1 aromatic carbocycles. The first kappa shape index (κ1) is 20.4. The zero-order valence-electron chi connectivity index (χ0n) is 15.3. The quantitative estimate of drug-likeness (QED) is 0.630. The number of amides is 1. The van der Waals surface area contributed by atoms with Gasteiger partial charge in [0.2, 0.25) is 5.91 Å². The molecule has 1 aliphatic heterocycles. The predicted octanol–water partition coefficient (Wildman–Crippen LogP) is 4.33. The predicted molar refractivity (Wildman–Crippen MR) is 107 cm³/mol. The smallest absolute Gasteiger partial charge is 0.339 e. The number of hydrogen-bond donors (Lipinski definition) is 3. The van der Waals surface area contributed by atoms with Crippen LogP contribution in [0.15, 0.2) is 59.5 Å². The number of carbonyl (C=O) groups is 2. The average Bonchev–Trinajstić information content (AvgIpc) is 3.04. The van der Waals surface area contributed by atoms with Gasteiger partial charge in [0.05, 0.1) is 5.70 Å². The van der Waals surface area contributed by atoms with Crippen molar-refractivity contribution in [2.75, 3.05) is 5.32 Å². The summed E-state index contributed by atoms with van der Waals surface area (Å²) in [5.74, 6) is 2.61. The summed E-state index contributed by atoms with van der Waals surface area (Å²) < 4.78 is 28.1. The van der Waals surface area contributed by atoms with Gasteiger partial charge in [-0.25, -0.2) is 19.4 Å². The van der Waals surface area contributed by atoms with Crippen LogP contribution in [0.4, 0.5) is 13.8 Å². The van der Waals surface area contributed by atoms with Crippen LogP contribution < -0.4 is 11.2 Å². The Morgan fingerprint density at radius 2 is 2.07 bits per heavy atom. The van der Waals surface area contributed by atoms with Crippen molar-refractivity contribution in [3.63, 3.8) is 0 Å². The molecular weight excluding hydrogens is 400 g/mol. The normalized spacial score (nSPS) is 14.8. The second kappa shape index (κ2) is 8.38. The summed E-state index contributed by atoms with van der Waals surface area (Å²) in [7, 11) is 0. The van der Waals surface area contributed by atoms with Crippen LogP contribution in [0.3, 0.4) is 0 Å². The molecule has 1 amide bonds. The second-order valence-electron chi connectivity index (χ2n) is 6.25. The standard InChI is InChI=1S/C20H17F2N3O3S/c1-11-4-5-12(15(22)9-11)13-10-29-19(18(13)20(27)28)24-17(26)7-6-16-14(21)3-2-8-25(16)23/h2-6,8-10H,7,23H2,1H3,(H,24,26)(H,27,28)/b16-6-. The van der Waals surface area contributed by atoms with Crippen molar-refractivity contribution in [1.82, 2.24) is 5.01 Å². The molecule has 1 aliphatic rings. The van der Waals surface area contributed by atoms with Gasteiger partial charge >= 0.3 is 5.97 Å². The van der Waals surface area contributed by atoms with Gasteiger partial charge < -0.3 is 10.4 Å². The molecule has 0 saturated carbocycles. The Labute approximate surface area is 169 Å². The van der Waals surface area contributed by atoms with Crippen LogP contribution in [-0.4, -0.2) is 22.0 Å². The van der Waals surface area contributed by atoms with Gasteiger partial charge in [0, 0.05) is 29.1 Å². The van der Waals surface area contributed by atoms with Crippen LogP contribution in [0.2, 0.25) is 0 Å². The summed E-state index contributed by atoms with van der Waals surface area (Å²) in [6, 6.07) is 4.48. The van der Waals surface area contributed by atoms with E-state index in [-0.39, 0.29) is 33.8 Å². The minimum Gasteiger partial charge on any atom is -0.478 e. The van der Waals surface area contributed by atoms with Gasteiger partial charge in [-0.15, -0.1) is 11.3 Å². The molecule has 0 radical (unpaired) electrons. The van der Waals surface area contributed by atoms with E-state index in [2.05, 4.69) is 5.32 Å². The third-order valence-corrected chi connectivity index (χ3v) is 5.06. The lowest BCUT2D eigenvalue weighted by Crippen LogP contribution is -2.26. The number of anilines is 1. The van der Waals surface area contributed by atoms with Gasteiger partial charge in [-0.05, 0) is 36.8 Å². The lowest BCUT2D eigenvalue weighted by Gasteiger charge is -2.18. The molecule has 0 aliphatic carbocycles. The Morgan fingerprint density at radius 3 is 2.72 bits per heavy atom. The number of carboxylic acid groups (broad SMARTS) is 1. The summed E-state index contributed by atoms with van der Waals surface area (Å²) in [5, 5.41) is 14.7. The van der Waals surface area contributed by atoms with Gasteiger partial charge in [0.25, 0.3) is 0 Å². The first-order valence-corrected chi connectivity index (χ1v) is 9.35. The fourth-order valence-corrected chi connectivity index (χ4v) is 3.75. The van der Waals surface area contributed by atoms with Crippen molar-refractivity contribution in [3.05, 3.63) is 76.5 Å². The summed E-state index contributed by atoms with van der Waals surface area (Å²) in [4.78, 5) is 24.0. The molecule has 3 rings (SSSR count). The maximum absolute atomic E-state index is 14.3. The molecule has 0 spiro atoms. The molecule has 0 saturated heterocycles. The van der Waals surface area contributed by atoms with Crippen molar-refractivity contribution in [2.24, 2.45) is 5.84 Å². The number of thiophene rings is 1. The molecule has 0 fully saturated rings. The van der Waals surface area contributed by atoms with Crippen LogP contribution in [0.25, 0.3) is 11.1 Å². The van der Waals surface area contributed by atoms with Crippen LogP contribution in [0, 0.1) is 12.7 Å². The first-order valence-electron chi connectivity index (χ1n) is 8.47. The van der Waals surface area contributed by atoms with E-state index in [4.69, 9.17) is 5.84 Å². The number of halogens is 2. The molecule has 2 aromatic rings. The molecule has 0 unspecified atom stereocenters. The van der Waals surface area contributed by atoms with Gasteiger partial charge in [-0.1, -0.05) is 12.1 Å². The second-order valence-corrected chi connectivity index (χ2v) is 7.13. The highest BCUT2D eigenvalue weighted by atomic mass is 32.1. The molecule has 150 valence electrons. The van der Waals surface area contributed by atoms with Crippen molar-refractivity contribution >= 4 is 28.2 Å². The average molecular weight is 417 g/mol. The minimum absolute atomic E-state index is 0.0229. The summed E-state index contributed by atoms with van der Waals surface area (Å²) in [6.45, 7) is 1.72. The van der Waals surface area contributed by atoms with E-state index in [1.54, 1.807) is 13.0 Å². The summed E-state index contributed by atoms with van der Waals surface area (Å²) in [5.41, 5.74) is 0.827. The molecule has 1 aromatic heterocycles. The number of carbonyl (C=O) groups excluding carboxylic acids is 1. The molecule has 0 atom stereocenters. The van der Waals surface area contributed by atoms with Crippen molar-refractivity contribution in [1.29, 1.82) is 0 Å². The lowest BCUT2D eigenvalue weighted by atomic mass is 10.0. The molecule has 2 heterocycles. The molecular formula is C20H17F2N3O3S. The maximum Gasteiger partial charge on any atom is 0.339 e. The van der Waals surface area contributed by atoms with E-state index < -0.39 is 23.5 Å². The summed E-state index contributed by atoms with van der Waals surface area (Å²) >= 11 is 0.971. The number of aromatic carboxylic acids is 1. The Hall–Kier alpha value is -3.30. The van der Waals surface area contributed by atoms with Crippen LogP contribution in [-0.2, 0) is 4.79 Å². The Balaban J connectivity index is 1.84. The van der Waals surface area contributed by atoms with Crippen LogP contribution >= 0.6 is 11.3 Å². The Morgan fingerprint density at radius 1 is 1.31 bits per heavy atom. The number of nitrogens with zero attached hydrogens (tertiary/aromatic N) is 1. The first-order chi connectivity index (χ1) is 13.8. The molecule has 29 heavy (non-hydrogen) atoms. The topological polar surface area (TPSA) is 95.7 Å². The zero-order chi connectivity index (χ0) is 21.1. The number of aryl methyl sites for hydroxylation is 1. The van der Waals surface area contributed by atoms with Crippen molar-refractivity contribution in [3.8, 4) is 11.1 Å². The van der Waals surface area contributed by atoms with E-state index in [1.807, 2.05) is 0 Å². The highest BCUT2D eigenvalue weighted by molar-refractivity contribution is 7.15. The zero-order valence-corrected chi connectivity index (χ0v) is 16.1. The van der Waals surface area contributed by atoms with Gasteiger partial charge in [0.1, 0.15) is 22.2 Å². The third-order valence-electron chi connectivity index (χ3n) is 4.17. The third kappa shape index (κ3) is 4.41. The van der Waals surface area contributed by atoms with Gasteiger partial charge in [-0.2, -0.15) is 0 Å². The summed E-state index contributed by atoms with van der Waals surface area (Å²) in [6.07, 6.45) is 5.11. The Kier molecular flexibility index (Phi) is 5.90. The van der Waals surface area contributed by atoms with E-state index >= 15 is 0 Å². The molecule has 0 bridgehead atoms. The molecule has 6 nitrogen and oxygen atoms in total. The molecule has 9 heteroatoms. The van der Waals surface area contributed by atoms with Crippen molar-refractivity contribution in [2.45, 2.75) is 13.3 Å². The largest absolute Gasteiger partial charge is 0.478 e. The number of benzene rings is 1. The maximum atomic E-state index is 14.3. The Bertz CT molecular complexity index is 1070. The van der Waals surface area contributed by atoms with E-state index in [0.717, 1.165) is 16.3 Å². The lowest BCUT2D eigenvalue weighted by molar-refractivity contribution is -0.115. The van der Waals surface area contributed by atoms with E-state index in [0.29, 0.717) is 5.56 Å². The van der Waals surface area contributed by atoms with E-state index in [1.165, 1.54) is 41.9 Å². The van der Waals surface area contributed by atoms with Crippen LogP contribution in [0.1, 0.15) is 22.3 Å². The SMILES string of the molecule is Cc1ccc(-c2csc(NC(=O)C/C=C3/C(F)=CC=CN3N)c2C(=O)O)c(F)c1. The fraction of sp³-hybridized carbons (Fsp3) is 0.100. The van der Waals surface area contributed by atoms with Crippen molar-refractivity contribution < 1.29 is 23.5 Å². The highest BCUT2D eigenvalue weighted by Crippen LogP contribution is 2.37. The monoisotopic (exact) mass is 417 g/mol. The van der Waals surface area contributed by atoms with Gasteiger partial charge in [0.15, 0.2) is 0 Å². The number of nitrogens with one attached hydrogen (secondary N) is 1. The number of hydrazine groups is 1. The number of carboxylic acids is 1. The number of nitrogens with two attached hydrogens (primary N) is 1. The number of rotatable bonds is 5. The van der Waals surface area contributed by atoms with E-state index in [9.17, 15) is 23.5 Å².